The van der Waals surface area contributed by atoms with Gasteiger partial charge < -0.3 is 10.3 Å². The maximum absolute atomic E-state index is 6.65. The van der Waals surface area contributed by atoms with E-state index in [0.717, 1.165) is 16.5 Å². The SMILES string of the molecule is [H]/N=C(\N)NN=Cc1cccc2c1ccn2C. The fourth-order valence-corrected chi connectivity index (χ4v) is 1.61. The van der Waals surface area contributed by atoms with E-state index in [1.807, 2.05) is 42.1 Å². The van der Waals surface area contributed by atoms with Gasteiger partial charge in [0.2, 0.25) is 5.96 Å². The first-order chi connectivity index (χ1) is 8.22. The van der Waals surface area contributed by atoms with Gasteiger partial charge in [0, 0.05) is 29.7 Å². The number of hydrogen-bond acceptors (Lipinski definition) is 2. The molecule has 0 aliphatic heterocycles. The summed E-state index contributed by atoms with van der Waals surface area (Å²) in [5, 5.41) is 8.03. The van der Waals surface area contributed by atoms with Crippen LogP contribution in [0.15, 0.2) is 35.6 Å². The number of nitrogens with zero attached hydrogens (tertiary/aromatic N) is 2. The number of benzene rings is 1. The molecule has 5 nitrogen and oxygen atoms in total. The van der Waals surface area contributed by atoms with E-state index in [2.05, 4.69) is 15.9 Å². The monoisotopic (exact) mass is 215 g/mol. The zero-order chi connectivity index (χ0) is 12.3. The molecular weight excluding hydrogens is 202 g/mol. The Labute approximate surface area is 94.5 Å². The number of hydrogen-bond donors (Lipinski definition) is 3. The smallest absolute Gasteiger partial charge is 0.206 e. The van der Waals surface area contributed by atoms with E-state index in [9.17, 15) is 0 Å². The molecule has 0 aliphatic carbocycles. The molecule has 2 rings (SSSR count). The van der Waals surface area contributed by atoms with Gasteiger partial charge in [-0.1, -0.05) is 12.1 Å². The molecule has 1 aromatic heterocycles. The molecule has 0 unspecified atom stereocenters. The van der Waals surface area contributed by atoms with Gasteiger partial charge in [0.25, 0.3) is 0 Å². The molecule has 5 heteroatoms. The Morgan fingerprint density at radius 1 is 1.62 bits per heavy atom. The van der Waals surface area contributed by atoms with Gasteiger partial charge in [-0.05, 0) is 12.1 Å². The summed E-state index contributed by atoms with van der Waals surface area (Å²) in [6.45, 7) is 0. The second-order valence-corrected chi connectivity index (χ2v) is 3.46. The van der Waals surface area contributed by atoms with Crippen LogP contribution in [0.25, 0.3) is 10.9 Å². The van der Waals surface area contributed by atoms with Crippen LogP contribution in [0.4, 0.5) is 0 Å². The first-order valence-corrected chi connectivity index (χ1v) is 4.83. The molecule has 1 aromatic carbocycles. The van der Waals surface area contributed by atoms with Gasteiger partial charge in [-0.2, -0.15) is 5.10 Å². The van der Waals surface area contributed by atoms with Gasteiger partial charge in [-0.25, -0.2) is 5.43 Å². The van der Waals surface area contributed by atoms with Gasteiger partial charge >= 0.3 is 0 Å². The van der Waals surface area contributed by atoms with Crippen LogP contribution in [0.3, 0.4) is 0 Å². The summed E-state index contributed by atoms with van der Waals surface area (Å²) in [6.07, 6.45) is 3.65. The van der Waals surface area contributed by atoms with E-state index in [4.69, 9.17) is 7.15 Å². The average Bonchev–Trinajstić information content (AvgIpc) is 2.72. The van der Waals surface area contributed by atoms with Crippen LogP contribution >= 0.6 is 0 Å². The Kier molecular flexibility index (Phi) is 2.27. The van der Waals surface area contributed by atoms with Crippen LogP contribution in [-0.4, -0.2) is 16.7 Å². The minimum atomic E-state index is -0.0403. The molecule has 0 atom stereocenters. The highest BCUT2D eigenvalue weighted by Crippen LogP contribution is 2.17. The van der Waals surface area contributed by atoms with E-state index in [-0.39, 0.29) is 5.96 Å². The maximum Gasteiger partial charge on any atom is 0.206 e. The number of guanidine groups is 1. The van der Waals surface area contributed by atoms with Crippen molar-refractivity contribution in [2.24, 2.45) is 17.9 Å². The van der Waals surface area contributed by atoms with Crippen molar-refractivity contribution in [2.45, 2.75) is 0 Å². The van der Waals surface area contributed by atoms with E-state index in [0.29, 0.717) is 0 Å². The third-order valence-corrected chi connectivity index (χ3v) is 2.34. The van der Waals surface area contributed by atoms with Crippen LogP contribution in [0.1, 0.15) is 5.56 Å². The summed E-state index contributed by atoms with van der Waals surface area (Å²) in [6, 6.07) is 7.99. The number of aryl methyl sites for hydroxylation is 1. The van der Waals surface area contributed by atoms with Crippen molar-refractivity contribution in [3.8, 4) is 0 Å². The number of aromatic nitrogens is 1. The Morgan fingerprint density at radius 2 is 2.50 bits per heavy atom. The molecule has 0 bridgehead atoms. The fourth-order valence-electron chi connectivity index (χ4n) is 1.61. The third-order valence-electron chi connectivity index (χ3n) is 2.34. The van der Waals surface area contributed by atoms with Gasteiger partial charge in [0.15, 0.2) is 1.41 Å². The van der Waals surface area contributed by atoms with Crippen molar-refractivity contribution in [3.63, 3.8) is 0 Å². The predicted octanol–water partition coefficient (Wildman–Crippen LogP) is 0.995. The molecule has 0 saturated carbocycles. The highest BCUT2D eigenvalue weighted by atomic mass is 15.3. The second-order valence-electron chi connectivity index (χ2n) is 3.46. The van der Waals surface area contributed by atoms with Crippen LogP contribution < -0.4 is 11.2 Å². The summed E-state index contributed by atoms with van der Waals surface area (Å²) in [4.78, 5) is 0. The topological polar surface area (TPSA) is 79.2 Å². The highest BCUT2D eigenvalue weighted by Gasteiger charge is 2.00. The number of nitrogens with two attached hydrogens (primary N) is 1. The zero-order valence-electron chi connectivity index (χ0n) is 9.88. The number of nitrogens with one attached hydrogen (secondary N) is 2. The van der Waals surface area contributed by atoms with Crippen LogP contribution in [-0.2, 0) is 7.05 Å². The normalized spacial score (nSPS) is 13.3. The quantitative estimate of drug-likeness (QED) is 0.397. The van der Waals surface area contributed by atoms with Crippen molar-refractivity contribution in [1.29, 1.82) is 5.40 Å². The maximum atomic E-state index is 6.65. The van der Waals surface area contributed by atoms with E-state index in [1.165, 1.54) is 0 Å². The lowest BCUT2D eigenvalue weighted by atomic mass is 10.1. The first-order valence-electron chi connectivity index (χ1n) is 5.28. The van der Waals surface area contributed by atoms with Crippen molar-refractivity contribution in [3.05, 3.63) is 36.0 Å². The average molecular weight is 215 g/mol. The molecule has 0 fully saturated rings. The number of fused-ring (bicyclic) bond motifs is 1. The molecule has 2 aromatic rings. The minimum absolute atomic E-state index is 0.0403. The van der Waals surface area contributed by atoms with E-state index in [1.54, 1.807) is 6.21 Å². The fraction of sp³-hybridized carbons (Fsp3) is 0.0909. The van der Waals surface area contributed by atoms with Crippen molar-refractivity contribution in [1.82, 2.24) is 9.99 Å². The lowest BCUT2D eigenvalue weighted by Gasteiger charge is -1.99. The summed E-state index contributed by atoms with van der Waals surface area (Å²) in [5.41, 5.74) is 9.86. The summed E-state index contributed by atoms with van der Waals surface area (Å²) >= 11 is 0. The number of hydrazone groups is 1. The van der Waals surface area contributed by atoms with Crippen molar-refractivity contribution >= 4 is 23.1 Å². The lowest BCUT2D eigenvalue weighted by molar-refractivity contribution is 0.969. The molecule has 0 amide bonds. The van der Waals surface area contributed by atoms with Gasteiger partial charge in [-0.15, -0.1) is 0 Å². The van der Waals surface area contributed by atoms with Crippen LogP contribution in [0, 0.1) is 5.40 Å². The predicted molar refractivity (Wildman–Crippen MR) is 65.6 cm³/mol. The molecule has 4 N–H and O–H groups in total. The Balaban J connectivity index is 2.30. The molecule has 1 heterocycles. The van der Waals surface area contributed by atoms with Crippen LogP contribution in [0.5, 0.6) is 0 Å². The van der Waals surface area contributed by atoms with E-state index < -0.39 is 0 Å². The lowest BCUT2D eigenvalue weighted by Crippen LogP contribution is -2.25. The van der Waals surface area contributed by atoms with E-state index >= 15 is 0 Å². The molecular formula is C11H13N5. The Bertz CT molecular complexity index is 585. The Hall–Kier alpha value is -2.30. The Morgan fingerprint density at radius 3 is 3.31 bits per heavy atom. The van der Waals surface area contributed by atoms with Gasteiger partial charge in [0.1, 0.15) is 0 Å². The van der Waals surface area contributed by atoms with Crippen LogP contribution in [0.2, 0.25) is 1.41 Å². The second kappa shape index (κ2) is 4.06. The largest absolute Gasteiger partial charge is 0.369 e. The molecule has 0 spiro atoms. The highest BCUT2D eigenvalue weighted by molar-refractivity contribution is 5.99. The minimum Gasteiger partial charge on any atom is -0.369 e. The molecule has 16 heavy (non-hydrogen) atoms. The molecule has 0 radical (unpaired) electrons. The molecule has 0 saturated heterocycles. The first kappa shape index (κ1) is 8.96. The van der Waals surface area contributed by atoms with Gasteiger partial charge in [-0.3, -0.25) is 5.40 Å². The number of rotatable bonds is 2. The molecule has 0 aliphatic rings. The standard InChI is InChI=1S/C11H13N5/c1-16-6-5-9-8(3-2-4-10(9)16)7-14-15-11(12)13/h2-7H,1H3,(H4,12,13,15). The van der Waals surface area contributed by atoms with Gasteiger partial charge in [0.05, 0.1) is 6.21 Å². The summed E-state index contributed by atoms with van der Waals surface area (Å²) in [5.74, 6) is -0.0403. The van der Waals surface area contributed by atoms with Crippen molar-refractivity contribution < 1.29 is 1.41 Å². The molecule has 82 valence electrons. The van der Waals surface area contributed by atoms with Crippen molar-refractivity contribution in [2.75, 3.05) is 0 Å². The summed E-state index contributed by atoms with van der Waals surface area (Å²) in [7, 11) is 1.99. The zero-order valence-corrected chi connectivity index (χ0v) is 8.88. The third kappa shape index (κ3) is 1.88. The summed E-state index contributed by atoms with van der Waals surface area (Å²) < 4.78 is 8.69.